The Morgan fingerprint density at radius 3 is 2.32 bits per heavy atom. The summed E-state index contributed by atoms with van der Waals surface area (Å²) < 4.78 is 81.0. The summed E-state index contributed by atoms with van der Waals surface area (Å²) >= 11 is 0. The number of halogens is 6. The van der Waals surface area contributed by atoms with E-state index in [-0.39, 0.29) is 37.8 Å². The van der Waals surface area contributed by atoms with Gasteiger partial charge in [-0.15, -0.1) is 0 Å². The second-order valence-corrected chi connectivity index (χ2v) is 8.30. The van der Waals surface area contributed by atoms with Gasteiger partial charge in [0.25, 0.3) is 6.10 Å². The minimum absolute atomic E-state index is 0.106. The molecule has 4 rings (SSSR count). The monoisotopic (exact) mass is 491 g/mol. The van der Waals surface area contributed by atoms with Crippen molar-refractivity contribution in [2.75, 3.05) is 18.4 Å². The third-order valence-electron chi connectivity index (χ3n) is 6.09. The van der Waals surface area contributed by atoms with Crippen LogP contribution in [0.15, 0.2) is 36.8 Å². The molecule has 2 aromatic heterocycles. The largest absolute Gasteiger partial charge is 0.434 e. The Balaban J connectivity index is 1.29. The van der Waals surface area contributed by atoms with Gasteiger partial charge in [-0.2, -0.15) is 31.4 Å². The van der Waals surface area contributed by atoms with E-state index in [0.717, 1.165) is 4.90 Å². The number of likely N-dealkylation sites (tertiary alicyclic amines) is 1. The van der Waals surface area contributed by atoms with Crippen molar-refractivity contribution in [3.8, 4) is 5.82 Å². The van der Waals surface area contributed by atoms with Crippen molar-refractivity contribution in [3.05, 3.63) is 36.8 Å². The van der Waals surface area contributed by atoms with E-state index in [0.29, 0.717) is 17.9 Å². The molecule has 1 saturated heterocycles. The Hall–Kier alpha value is -3.32. The topological polar surface area (TPSA) is 89.4 Å². The van der Waals surface area contributed by atoms with Crippen molar-refractivity contribution in [2.24, 2.45) is 11.3 Å². The van der Waals surface area contributed by atoms with Crippen molar-refractivity contribution in [2.45, 2.75) is 37.7 Å². The molecule has 2 amide bonds. The van der Waals surface area contributed by atoms with Crippen molar-refractivity contribution >= 4 is 17.7 Å². The van der Waals surface area contributed by atoms with Crippen LogP contribution in [0, 0.1) is 11.3 Å². The third kappa shape index (κ3) is 4.94. The van der Waals surface area contributed by atoms with Crippen LogP contribution in [0.5, 0.6) is 0 Å². The Kier molecular flexibility index (Phi) is 5.94. The smallest absolute Gasteiger partial charge is 0.426 e. The van der Waals surface area contributed by atoms with Gasteiger partial charge < -0.3 is 15.0 Å². The molecule has 1 spiro atoms. The highest BCUT2D eigenvalue weighted by atomic mass is 19.4. The Morgan fingerprint density at radius 2 is 1.79 bits per heavy atom. The summed E-state index contributed by atoms with van der Waals surface area (Å²) in [6.45, 7) is -0.212. The van der Waals surface area contributed by atoms with E-state index < -0.39 is 30.0 Å². The van der Waals surface area contributed by atoms with E-state index in [1.54, 1.807) is 35.3 Å². The van der Waals surface area contributed by atoms with Crippen molar-refractivity contribution in [3.63, 3.8) is 0 Å². The normalized spacial score (nSPS) is 19.9. The highest BCUT2D eigenvalue weighted by molar-refractivity contribution is 5.95. The van der Waals surface area contributed by atoms with E-state index in [9.17, 15) is 35.9 Å². The number of hydrogen-bond donors (Lipinski definition) is 1. The number of anilines is 1. The zero-order valence-corrected chi connectivity index (χ0v) is 17.4. The van der Waals surface area contributed by atoms with Crippen molar-refractivity contribution in [1.29, 1.82) is 0 Å². The molecule has 1 saturated carbocycles. The van der Waals surface area contributed by atoms with Gasteiger partial charge in [0.2, 0.25) is 5.91 Å². The molecule has 34 heavy (non-hydrogen) atoms. The Morgan fingerprint density at radius 1 is 1.12 bits per heavy atom. The van der Waals surface area contributed by atoms with Gasteiger partial charge in [0.15, 0.2) is 5.82 Å². The summed E-state index contributed by atoms with van der Waals surface area (Å²) in [4.78, 5) is 29.6. The minimum Gasteiger partial charge on any atom is -0.426 e. The first-order valence-electron chi connectivity index (χ1n) is 10.2. The summed E-state index contributed by atoms with van der Waals surface area (Å²) in [5, 5.41) is 6.80. The van der Waals surface area contributed by atoms with Gasteiger partial charge in [0.05, 0.1) is 11.9 Å². The SMILES string of the molecule is O=C(Nc1ccc(-n2cccn2)nc1)C1CC12CCN(C(=O)OC(C(F)(F)F)C(F)(F)F)CC2. The maximum atomic E-state index is 12.6. The van der Waals surface area contributed by atoms with Crippen LogP contribution in [0.2, 0.25) is 0 Å². The van der Waals surface area contributed by atoms with Gasteiger partial charge in [-0.3, -0.25) is 4.79 Å². The molecule has 1 aliphatic carbocycles. The summed E-state index contributed by atoms with van der Waals surface area (Å²) in [5.74, 6) is -0.0862. The Bertz CT molecular complexity index is 1020. The van der Waals surface area contributed by atoms with Gasteiger partial charge in [-0.05, 0) is 42.9 Å². The lowest BCUT2D eigenvalue weighted by Crippen LogP contribution is -2.49. The summed E-state index contributed by atoms with van der Waals surface area (Å²) in [6.07, 6.45) is -11.6. The van der Waals surface area contributed by atoms with E-state index in [1.165, 1.54) is 6.20 Å². The van der Waals surface area contributed by atoms with Crippen LogP contribution in [-0.4, -0.2) is 63.2 Å². The van der Waals surface area contributed by atoms with E-state index >= 15 is 0 Å². The highest BCUT2D eigenvalue weighted by Crippen LogP contribution is 2.59. The van der Waals surface area contributed by atoms with Gasteiger partial charge in [-0.25, -0.2) is 14.5 Å². The molecular formula is C20H19F6N5O3. The molecule has 2 aromatic rings. The summed E-state index contributed by atoms with van der Waals surface area (Å²) in [7, 11) is 0. The van der Waals surface area contributed by atoms with Crippen LogP contribution in [0.1, 0.15) is 19.3 Å². The predicted molar refractivity (Wildman–Crippen MR) is 104 cm³/mol. The molecule has 2 aliphatic rings. The lowest BCUT2D eigenvalue weighted by molar-refractivity contribution is -0.308. The van der Waals surface area contributed by atoms with Crippen LogP contribution in [-0.2, 0) is 9.53 Å². The van der Waals surface area contributed by atoms with E-state index in [1.807, 2.05) is 0 Å². The van der Waals surface area contributed by atoms with Crippen LogP contribution >= 0.6 is 0 Å². The van der Waals surface area contributed by atoms with Crippen LogP contribution in [0.3, 0.4) is 0 Å². The molecule has 184 valence electrons. The quantitative estimate of drug-likeness (QED) is 0.655. The molecule has 3 heterocycles. The average Bonchev–Trinajstić information content (AvgIpc) is 3.18. The number of carbonyl (C=O) groups is 2. The molecule has 1 atom stereocenters. The molecule has 1 N–H and O–H groups in total. The maximum absolute atomic E-state index is 12.6. The lowest BCUT2D eigenvalue weighted by atomic mass is 9.91. The predicted octanol–water partition coefficient (Wildman–Crippen LogP) is 3.94. The Labute approximate surface area is 188 Å². The second kappa shape index (κ2) is 8.47. The van der Waals surface area contributed by atoms with Crippen molar-refractivity contribution in [1.82, 2.24) is 19.7 Å². The number of piperidine rings is 1. The molecular weight excluding hydrogens is 472 g/mol. The number of alkyl halides is 6. The van der Waals surface area contributed by atoms with Gasteiger partial charge in [-0.1, -0.05) is 0 Å². The molecule has 8 nitrogen and oxygen atoms in total. The molecule has 2 fully saturated rings. The number of nitrogens with one attached hydrogen (secondary N) is 1. The molecule has 14 heteroatoms. The fourth-order valence-electron chi connectivity index (χ4n) is 4.13. The van der Waals surface area contributed by atoms with E-state index in [2.05, 4.69) is 20.1 Å². The third-order valence-corrected chi connectivity index (χ3v) is 6.09. The zero-order chi connectivity index (χ0) is 24.7. The number of carbonyl (C=O) groups excluding carboxylic acids is 2. The number of hydrogen-bond acceptors (Lipinski definition) is 5. The molecule has 1 aliphatic heterocycles. The van der Waals surface area contributed by atoms with E-state index in [4.69, 9.17) is 0 Å². The van der Waals surface area contributed by atoms with Crippen LogP contribution < -0.4 is 5.32 Å². The highest BCUT2D eigenvalue weighted by Gasteiger charge is 2.61. The second-order valence-electron chi connectivity index (χ2n) is 8.30. The average molecular weight is 491 g/mol. The minimum atomic E-state index is -5.77. The number of amides is 2. The summed E-state index contributed by atoms with van der Waals surface area (Å²) in [5.41, 5.74) is 0.0193. The van der Waals surface area contributed by atoms with Crippen molar-refractivity contribution < 1.29 is 40.7 Å². The number of aromatic nitrogens is 3. The van der Waals surface area contributed by atoms with Crippen LogP contribution in [0.4, 0.5) is 36.8 Å². The van der Waals surface area contributed by atoms with Gasteiger partial charge >= 0.3 is 18.4 Å². The van der Waals surface area contributed by atoms with Gasteiger partial charge in [0.1, 0.15) is 0 Å². The first-order chi connectivity index (χ1) is 15.9. The van der Waals surface area contributed by atoms with Gasteiger partial charge in [0, 0.05) is 31.4 Å². The zero-order valence-electron chi connectivity index (χ0n) is 17.4. The maximum Gasteiger partial charge on any atom is 0.434 e. The number of pyridine rings is 1. The fourth-order valence-corrected chi connectivity index (χ4v) is 4.13. The first-order valence-corrected chi connectivity index (χ1v) is 10.2. The summed E-state index contributed by atoms with van der Waals surface area (Å²) in [6, 6.07) is 5.07. The first kappa shape index (κ1) is 23.8. The number of rotatable bonds is 4. The number of nitrogens with zero attached hydrogens (tertiary/aromatic N) is 4. The molecule has 0 radical (unpaired) electrons. The number of ether oxygens (including phenoxy) is 1. The van der Waals surface area contributed by atoms with Crippen LogP contribution in [0.25, 0.3) is 5.82 Å². The molecule has 0 aromatic carbocycles. The standard InChI is InChI=1S/C20H19F6N5O3/c21-19(22,23)16(20(24,25)26)34-17(33)30-8-4-18(5-9-30)10-13(18)15(32)29-12-2-3-14(27-11-12)31-7-1-6-28-31/h1-3,6-7,11,13,16H,4-5,8-10H2,(H,29,32). The molecule has 0 bridgehead atoms. The molecule has 1 unspecified atom stereocenters. The lowest BCUT2D eigenvalue weighted by Gasteiger charge is -2.33. The fraction of sp³-hybridized carbons (Fsp3) is 0.500.